The summed E-state index contributed by atoms with van der Waals surface area (Å²) in [6, 6.07) is 15.4. The maximum atomic E-state index is 12.4. The van der Waals surface area contributed by atoms with Crippen molar-refractivity contribution in [1.82, 2.24) is 24.2 Å². The second kappa shape index (κ2) is 8.29. The Morgan fingerprint density at radius 2 is 1.84 bits per heavy atom. The van der Waals surface area contributed by atoms with Gasteiger partial charge in [0.2, 0.25) is 5.91 Å². The fourth-order valence-electron chi connectivity index (χ4n) is 3.40. The van der Waals surface area contributed by atoms with Gasteiger partial charge in [-0.1, -0.05) is 41.6 Å². The van der Waals surface area contributed by atoms with Crippen molar-refractivity contribution in [1.29, 1.82) is 0 Å². The number of halogens is 1. The van der Waals surface area contributed by atoms with Gasteiger partial charge in [-0.05, 0) is 55.3 Å². The first-order chi connectivity index (χ1) is 15.5. The molecule has 0 aliphatic rings. The first-order valence-corrected chi connectivity index (χ1v) is 11.3. The highest BCUT2D eigenvalue weighted by atomic mass is 35.5. The van der Waals surface area contributed by atoms with Crippen molar-refractivity contribution in [2.45, 2.75) is 19.0 Å². The maximum Gasteiger partial charge on any atom is 0.234 e. The van der Waals surface area contributed by atoms with Gasteiger partial charge in [0.05, 0.1) is 11.4 Å². The van der Waals surface area contributed by atoms with Crippen LogP contribution in [0.3, 0.4) is 0 Å². The second-order valence-corrected chi connectivity index (χ2v) is 8.86. The van der Waals surface area contributed by atoms with E-state index in [9.17, 15) is 4.79 Å². The number of fused-ring (bicyclic) bond motifs is 3. The third-order valence-electron chi connectivity index (χ3n) is 5.25. The highest BCUT2D eigenvalue weighted by molar-refractivity contribution is 7.99. The average Bonchev–Trinajstić information content (AvgIpc) is 3.39. The molecule has 1 N–H and O–H groups in total. The lowest BCUT2D eigenvalue weighted by molar-refractivity contribution is -0.113. The predicted molar refractivity (Wildman–Crippen MR) is 127 cm³/mol. The van der Waals surface area contributed by atoms with Gasteiger partial charge in [-0.15, -0.1) is 10.2 Å². The molecule has 2 aromatic carbocycles. The summed E-state index contributed by atoms with van der Waals surface area (Å²) in [7, 11) is 0. The number of amides is 1. The van der Waals surface area contributed by atoms with Crippen molar-refractivity contribution >= 4 is 46.1 Å². The van der Waals surface area contributed by atoms with Crippen LogP contribution in [0.1, 0.15) is 11.1 Å². The molecule has 1 amide bonds. The first kappa shape index (κ1) is 20.5. The van der Waals surface area contributed by atoms with Gasteiger partial charge in [-0.3, -0.25) is 9.20 Å². The minimum Gasteiger partial charge on any atom is -0.325 e. The van der Waals surface area contributed by atoms with Crippen LogP contribution in [0.25, 0.3) is 22.4 Å². The Morgan fingerprint density at radius 1 is 1.03 bits per heavy atom. The fourth-order valence-corrected chi connectivity index (χ4v) is 4.24. The largest absolute Gasteiger partial charge is 0.325 e. The van der Waals surface area contributed by atoms with Crippen molar-refractivity contribution in [3.05, 3.63) is 77.1 Å². The van der Waals surface area contributed by atoms with Crippen LogP contribution in [-0.2, 0) is 4.79 Å². The Balaban J connectivity index is 1.35. The summed E-state index contributed by atoms with van der Waals surface area (Å²) in [6.07, 6.45) is 3.70. The highest BCUT2D eigenvalue weighted by Gasteiger charge is 2.14. The van der Waals surface area contributed by atoms with Crippen molar-refractivity contribution in [3.63, 3.8) is 0 Å². The number of hydrogen-bond acceptors (Lipinski definition) is 5. The third kappa shape index (κ3) is 3.94. The van der Waals surface area contributed by atoms with Crippen molar-refractivity contribution < 1.29 is 4.79 Å². The van der Waals surface area contributed by atoms with Gasteiger partial charge in [-0.25, -0.2) is 4.52 Å². The van der Waals surface area contributed by atoms with Crippen LogP contribution in [0.2, 0.25) is 5.02 Å². The summed E-state index contributed by atoms with van der Waals surface area (Å²) in [5.74, 6) is 0.138. The van der Waals surface area contributed by atoms with E-state index < -0.39 is 0 Å². The Bertz CT molecular complexity index is 1460. The predicted octanol–water partition coefficient (Wildman–Crippen LogP) is 5.05. The van der Waals surface area contributed by atoms with Gasteiger partial charge in [0, 0.05) is 28.7 Å². The molecule has 0 atom stereocenters. The monoisotopic (exact) mass is 462 g/mol. The van der Waals surface area contributed by atoms with Gasteiger partial charge in [-0.2, -0.15) is 5.10 Å². The Hall–Kier alpha value is -3.36. The molecule has 3 aromatic heterocycles. The quantitative estimate of drug-likeness (QED) is 0.370. The zero-order valence-corrected chi connectivity index (χ0v) is 19.0. The van der Waals surface area contributed by atoms with Crippen LogP contribution >= 0.6 is 23.4 Å². The number of nitrogens with zero attached hydrogens (tertiary/aromatic N) is 5. The molecule has 3 heterocycles. The van der Waals surface area contributed by atoms with Gasteiger partial charge in [0.15, 0.2) is 10.8 Å². The molecule has 160 valence electrons. The van der Waals surface area contributed by atoms with Crippen LogP contribution in [-0.4, -0.2) is 35.9 Å². The molecule has 0 fully saturated rings. The molecule has 0 aliphatic carbocycles. The number of nitrogens with one attached hydrogen (secondary N) is 1. The van der Waals surface area contributed by atoms with Crippen LogP contribution in [0.4, 0.5) is 5.69 Å². The van der Waals surface area contributed by atoms with Gasteiger partial charge in [0.1, 0.15) is 5.52 Å². The number of aromatic nitrogens is 5. The number of anilines is 1. The van der Waals surface area contributed by atoms with Crippen LogP contribution in [0, 0.1) is 13.8 Å². The summed E-state index contributed by atoms with van der Waals surface area (Å²) < 4.78 is 3.64. The van der Waals surface area contributed by atoms with Gasteiger partial charge in [0.25, 0.3) is 0 Å². The van der Waals surface area contributed by atoms with E-state index in [1.54, 1.807) is 4.52 Å². The number of hydrogen-bond donors (Lipinski definition) is 1. The molecule has 0 saturated heterocycles. The molecule has 5 aromatic rings. The minimum atomic E-state index is -0.0922. The van der Waals surface area contributed by atoms with E-state index in [0.717, 1.165) is 28.0 Å². The Kier molecular flexibility index (Phi) is 5.32. The lowest BCUT2D eigenvalue weighted by atomic mass is 10.1. The van der Waals surface area contributed by atoms with E-state index >= 15 is 0 Å². The minimum absolute atomic E-state index is 0.0922. The molecule has 0 unspecified atom stereocenters. The summed E-state index contributed by atoms with van der Waals surface area (Å²) >= 11 is 7.33. The van der Waals surface area contributed by atoms with Crippen molar-refractivity contribution in [2.24, 2.45) is 0 Å². The van der Waals surface area contributed by atoms with E-state index in [1.807, 2.05) is 79.2 Å². The summed E-state index contributed by atoms with van der Waals surface area (Å²) in [6.45, 7) is 4.07. The van der Waals surface area contributed by atoms with Gasteiger partial charge < -0.3 is 5.32 Å². The number of aryl methyl sites for hydroxylation is 2. The SMILES string of the molecule is Cc1ccc(NC(=O)CSc2nnc3c4cc(-c5ccc(Cl)cc5)nn4ccn23)cc1C. The molecule has 32 heavy (non-hydrogen) atoms. The van der Waals surface area contributed by atoms with E-state index in [2.05, 4.69) is 20.6 Å². The van der Waals surface area contributed by atoms with Crippen LogP contribution in [0.5, 0.6) is 0 Å². The molecule has 0 radical (unpaired) electrons. The molecule has 5 rings (SSSR count). The van der Waals surface area contributed by atoms with Crippen molar-refractivity contribution in [2.75, 3.05) is 11.1 Å². The van der Waals surface area contributed by atoms with E-state index in [0.29, 0.717) is 15.8 Å². The number of thioether (sulfide) groups is 1. The number of rotatable bonds is 5. The summed E-state index contributed by atoms with van der Waals surface area (Å²) in [5.41, 5.74) is 6.42. The molecule has 0 saturated carbocycles. The van der Waals surface area contributed by atoms with E-state index in [1.165, 1.54) is 17.3 Å². The molecule has 7 nitrogen and oxygen atoms in total. The van der Waals surface area contributed by atoms with Crippen molar-refractivity contribution in [3.8, 4) is 11.3 Å². The lowest BCUT2D eigenvalue weighted by Crippen LogP contribution is -2.14. The van der Waals surface area contributed by atoms with Crippen LogP contribution in [0.15, 0.2) is 66.1 Å². The summed E-state index contributed by atoms with van der Waals surface area (Å²) in [4.78, 5) is 12.4. The molecule has 9 heteroatoms. The van der Waals surface area contributed by atoms with Crippen LogP contribution < -0.4 is 5.32 Å². The molecular formula is C23H19ClN6OS. The lowest BCUT2D eigenvalue weighted by Gasteiger charge is -2.07. The standard InChI is InChI=1S/C23H19ClN6OS/c1-14-3-8-18(11-15(14)2)25-21(31)13-32-23-27-26-22-20-12-19(16-4-6-17(24)7-5-16)28-30(20)10-9-29(22)23/h3-12H,13H2,1-2H3,(H,25,31). The molecular weight excluding hydrogens is 444 g/mol. The summed E-state index contributed by atoms with van der Waals surface area (Å²) in [5, 5.41) is 17.5. The third-order valence-corrected chi connectivity index (χ3v) is 6.44. The van der Waals surface area contributed by atoms with E-state index in [4.69, 9.17) is 11.6 Å². The zero-order chi connectivity index (χ0) is 22.2. The highest BCUT2D eigenvalue weighted by Crippen LogP contribution is 2.25. The number of carbonyl (C=O) groups excluding carboxylic acids is 1. The maximum absolute atomic E-state index is 12.4. The normalized spacial score (nSPS) is 11.3. The molecule has 0 aliphatic heterocycles. The molecule has 0 bridgehead atoms. The Morgan fingerprint density at radius 3 is 2.62 bits per heavy atom. The second-order valence-electron chi connectivity index (χ2n) is 7.48. The smallest absolute Gasteiger partial charge is 0.234 e. The van der Waals surface area contributed by atoms with Gasteiger partial charge >= 0.3 is 0 Å². The number of benzene rings is 2. The topological polar surface area (TPSA) is 76.6 Å². The fraction of sp³-hybridized carbons (Fsp3) is 0.130. The van der Waals surface area contributed by atoms with E-state index in [-0.39, 0.29) is 11.7 Å². The zero-order valence-electron chi connectivity index (χ0n) is 17.4. The Labute approximate surface area is 193 Å². The first-order valence-electron chi connectivity index (χ1n) is 9.97. The molecule has 0 spiro atoms. The average molecular weight is 463 g/mol. The number of carbonyl (C=O) groups is 1.